The molecule has 1 aliphatic heterocycles. The molecule has 3 unspecified atom stereocenters. The number of amides is 3. The number of carbonyl (C=O) groups is 5. The van der Waals surface area contributed by atoms with Gasteiger partial charge in [-0.3, -0.25) is 24.1 Å². The van der Waals surface area contributed by atoms with Gasteiger partial charge in [0, 0.05) is 30.8 Å². The zero-order chi connectivity index (χ0) is 24.1. The first kappa shape index (κ1) is 27.8. The van der Waals surface area contributed by atoms with Crippen molar-refractivity contribution >= 4 is 42.1 Å². The molecule has 3 atom stereocenters. The van der Waals surface area contributed by atoms with Crippen molar-refractivity contribution in [3.05, 3.63) is 12.3 Å². The number of aldehydes is 2. The number of rotatable bonds is 17. The fourth-order valence-corrected chi connectivity index (χ4v) is 4.24. The number of nitrogens with zero attached hydrogens (tertiary/aromatic N) is 1. The molecule has 32 heavy (non-hydrogen) atoms. The third-order valence-corrected chi connectivity index (χ3v) is 6.29. The Morgan fingerprint density at radius 3 is 2.56 bits per heavy atom. The van der Waals surface area contributed by atoms with Crippen LogP contribution in [0.25, 0.3) is 0 Å². The molecule has 10 nitrogen and oxygen atoms in total. The van der Waals surface area contributed by atoms with E-state index in [0.717, 1.165) is 6.29 Å². The highest BCUT2D eigenvalue weighted by molar-refractivity contribution is 8.00. The SMILES string of the molecule is C=C(CON)NC(C=O)CSC1CC(=O)N(CCCCCC(=O)NC(C=O)C(C)C)C1=O. The van der Waals surface area contributed by atoms with Crippen LogP contribution in [0.5, 0.6) is 0 Å². The average Bonchev–Trinajstić information content (AvgIpc) is 3.01. The van der Waals surface area contributed by atoms with Crippen molar-refractivity contribution in [1.29, 1.82) is 0 Å². The van der Waals surface area contributed by atoms with Gasteiger partial charge in [0.25, 0.3) is 0 Å². The smallest absolute Gasteiger partial charge is 0.242 e. The molecule has 0 spiro atoms. The van der Waals surface area contributed by atoms with Crippen molar-refractivity contribution < 1.29 is 28.8 Å². The minimum atomic E-state index is -0.569. The summed E-state index contributed by atoms with van der Waals surface area (Å²) < 4.78 is 0. The van der Waals surface area contributed by atoms with Gasteiger partial charge >= 0.3 is 0 Å². The van der Waals surface area contributed by atoms with E-state index in [1.165, 1.54) is 16.7 Å². The van der Waals surface area contributed by atoms with Gasteiger partial charge < -0.3 is 20.2 Å². The van der Waals surface area contributed by atoms with Gasteiger partial charge in [-0.05, 0) is 18.8 Å². The standard InChI is InChI=1S/C21H34N4O6S/c1-14(2)17(11-27)24-19(28)7-5-4-6-8-25-20(29)9-18(21(25)30)32-13-16(10-26)23-15(3)12-31-22/h10-11,14,16-18,23H,3-9,12-13,22H2,1-2H3,(H,24,28). The van der Waals surface area contributed by atoms with Crippen LogP contribution in [0.1, 0.15) is 46.0 Å². The predicted molar refractivity (Wildman–Crippen MR) is 121 cm³/mol. The second-order valence-corrected chi connectivity index (χ2v) is 9.23. The molecule has 4 N–H and O–H groups in total. The van der Waals surface area contributed by atoms with E-state index in [1.807, 2.05) is 13.8 Å². The Kier molecular flexibility index (Phi) is 12.8. The molecular weight excluding hydrogens is 436 g/mol. The Morgan fingerprint density at radius 1 is 1.25 bits per heavy atom. The molecule has 0 aromatic heterocycles. The van der Waals surface area contributed by atoms with Crippen molar-refractivity contribution in [2.45, 2.75) is 63.3 Å². The molecule has 0 aromatic rings. The highest BCUT2D eigenvalue weighted by atomic mass is 32.2. The van der Waals surface area contributed by atoms with Crippen LogP contribution in [0.15, 0.2) is 12.3 Å². The lowest BCUT2D eigenvalue weighted by Gasteiger charge is -2.18. The number of nitrogens with two attached hydrogens (primary N) is 1. The Morgan fingerprint density at radius 2 is 1.97 bits per heavy atom. The molecule has 1 fully saturated rings. The maximum atomic E-state index is 12.6. The van der Waals surface area contributed by atoms with Crippen LogP contribution in [0.2, 0.25) is 0 Å². The molecule has 0 bridgehead atoms. The Hall–Kier alpha value is -2.24. The number of imide groups is 1. The van der Waals surface area contributed by atoms with E-state index in [1.54, 1.807) is 0 Å². The van der Waals surface area contributed by atoms with Crippen molar-refractivity contribution in [3.8, 4) is 0 Å². The normalized spacial score (nSPS) is 17.9. The summed E-state index contributed by atoms with van der Waals surface area (Å²) in [6, 6.07) is -1.06. The summed E-state index contributed by atoms with van der Waals surface area (Å²) in [5.41, 5.74) is 0.445. The van der Waals surface area contributed by atoms with E-state index < -0.39 is 17.3 Å². The second-order valence-electron chi connectivity index (χ2n) is 8.00. The van der Waals surface area contributed by atoms with Gasteiger partial charge in [-0.2, -0.15) is 0 Å². The van der Waals surface area contributed by atoms with E-state index in [9.17, 15) is 24.0 Å². The third-order valence-electron chi connectivity index (χ3n) is 4.97. The first-order valence-electron chi connectivity index (χ1n) is 10.6. The molecule has 1 saturated heterocycles. The van der Waals surface area contributed by atoms with Gasteiger partial charge in [-0.15, -0.1) is 11.8 Å². The maximum absolute atomic E-state index is 12.6. The van der Waals surface area contributed by atoms with Crippen LogP contribution in [-0.4, -0.2) is 71.4 Å². The molecule has 0 radical (unpaired) electrons. The number of thioether (sulfide) groups is 1. The molecule has 1 aliphatic rings. The second kappa shape index (κ2) is 14.8. The summed E-state index contributed by atoms with van der Waals surface area (Å²) in [6.45, 7) is 7.76. The van der Waals surface area contributed by atoms with Crippen LogP contribution in [0, 0.1) is 5.92 Å². The lowest BCUT2D eigenvalue weighted by molar-refractivity contribution is -0.138. The number of hydrogen-bond donors (Lipinski definition) is 3. The van der Waals surface area contributed by atoms with Gasteiger partial charge in [-0.25, -0.2) is 5.90 Å². The average molecular weight is 471 g/mol. The largest absolute Gasteiger partial charge is 0.377 e. The topological polar surface area (TPSA) is 148 Å². The lowest BCUT2D eigenvalue weighted by Crippen LogP contribution is -2.39. The molecular formula is C21H34N4O6S. The van der Waals surface area contributed by atoms with Gasteiger partial charge in [-0.1, -0.05) is 26.8 Å². The maximum Gasteiger partial charge on any atom is 0.242 e. The van der Waals surface area contributed by atoms with Crippen molar-refractivity contribution in [3.63, 3.8) is 0 Å². The molecule has 0 saturated carbocycles. The number of nitrogens with one attached hydrogen (secondary N) is 2. The van der Waals surface area contributed by atoms with Crippen LogP contribution in [-0.2, 0) is 28.8 Å². The monoisotopic (exact) mass is 470 g/mol. The van der Waals surface area contributed by atoms with E-state index in [2.05, 4.69) is 22.1 Å². The summed E-state index contributed by atoms with van der Waals surface area (Å²) >= 11 is 1.25. The molecule has 1 rings (SSSR count). The number of likely N-dealkylation sites (tertiary alicyclic amines) is 1. The summed E-state index contributed by atoms with van der Waals surface area (Å²) in [6.07, 6.45) is 3.72. The van der Waals surface area contributed by atoms with Crippen molar-refractivity contribution in [1.82, 2.24) is 15.5 Å². The third kappa shape index (κ3) is 9.49. The van der Waals surface area contributed by atoms with Gasteiger partial charge in [0.2, 0.25) is 17.7 Å². The van der Waals surface area contributed by atoms with E-state index >= 15 is 0 Å². The molecule has 1 heterocycles. The van der Waals surface area contributed by atoms with Gasteiger partial charge in [0.15, 0.2) is 0 Å². The van der Waals surface area contributed by atoms with Crippen LogP contribution < -0.4 is 16.5 Å². The Balaban J connectivity index is 2.34. The van der Waals surface area contributed by atoms with Crippen LogP contribution in [0.4, 0.5) is 0 Å². The van der Waals surface area contributed by atoms with Crippen molar-refractivity contribution in [2.75, 3.05) is 18.9 Å². The van der Waals surface area contributed by atoms with Crippen LogP contribution >= 0.6 is 11.8 Å². The molecule has 11 heteroatoms. The van der Waals surface area contributed by atoms with Gasteiger partial charge in [0.05, 0.1) is 17.3 Å². The highest BCUT2D eigenvalue weighted by Crippen LogP contribution is 2.26. The molecule has 0 aliphatic carbocycles. The summed E-state index contributed by atoms with van der Waals surface area (Å²) in [7, 11) is 0. The minimum Gasteiger partial charge on any atom is -0.377 e. The van der Waals surface area contributed by atoms with E-state index in [0.29, 0.717) is 43.5 Å². The summed E-state index contributed by atoms with van der Waals surface area (Å²) in [5, 5.41) is 5.02. The summed E-state index contributed by atoms with van der Waals surface area (Å²) in [4.78, 5) is 64.6. The molecule has 0 aromatic carbocycles. The zero-order valence-corrected chi connectivity index (χ0v) is 19.5. The highest BCUT2D eigenvalue weighted by Gasteiger charge is 2.38. The van der Waals surface area contributed by atoms with Crippen LogP contribution in [0.3, 0.4) is 0 Å². The minimum absolute atomic E-state index is 0.0332. The van der Waals surface area contributed by atoms with E-state index in [-0.39, 0.29) is 43.1 Å². The van der Waals surface area contributed by atoms with Crippen molar-refractivity contribution in [2.24, 2.45) is 11.8 Å². The van der Waals surface area contributed by atoms with Gasteiger partial charge in [0.1, 0.15) is 19.2 Å². The number of hydrogen-bond acceptors (Lipinski definition) is 9. The quantitative estimate of drug-likeness (QED) is 0.118. The fraction of sp³-hybridized carbons (Fsp3) is 0.667. The number of carbonyl (C=O) groups excluding carboxylic acids is 5. The summed E-state index contributed by atoms with van der Waals surface area (Å²) in [5.74, 6) is 4.64. The van der Waals surface area contributed by atoms with E-state index in [4.69, 9.17) is 5.90 Å². The predicted octanol–water partition coefficient (Wildman–Crippen LogP) is 0.308. The Bertz CT molecular complexity index is 687. The zero-order valence-electron chi connectivity index (χ0n) is 18.7. The number of unbranched alkanes of at least 4 members (excludes halogenated alkanes) is 2. The lowest BCUT2D eigenvalue weighted by atomic mass is 10.1. The first-order chi connectivity index (χ1) is 15.2. The first-order valence-corrected chi connectivity index (χ1v) is 11.7. The molecule has 3 amide bonds. The molecule has 180 valence electrons. The fourth-order valence-electron chi connectivity index (χ4n) is 3.11. The Labute approximate surface area is 193 Å².